The molecule has 0 spiro atoms. The Morgan fingerprint density at radius 3 is 2.57 bits per heavy atom. The van der Waals surface area contributed by atoms with Crippen LogP contribution in [0.4, 0.5) is 5.69 Å². The maximum atomic E-state index is 12.4. The number of anilines is 1. The van der Waals surface area contributed by atoms with Gasteiger partial charge in [0.1, 0.15) is 0 Å². The zero-order valence-electron chi connectivity index (χ0n) is 13.7. The summed E-state index contributed by atoms with van der Waals surface area (Å²) in [6, 6.07) is 7.78. The summed E-state index contributed by atoms with van der Waals surface area (Å²) in [5, 5.41) is 3.01. The number of hydrogen-bond donors (Lipinski definition) is 2. The second-order valence-electron chi connectivity index (χ2n) is 5.95. The van der Waals surface area contributed by atoms with Crippen molar-refractivity contribution in [2.75, 3.05) is 11.9 Å². The number of benzene rings is 1. The predicted octanol–water partition coefficient (Wildman–Crippen LogP) is 2.54. The van der Waals surface area contributed by atoms with Gasteiger partial charge in [-0.2, -0.15) is 0 Å². The van der Waals surface area contributed by atoms with Gasteiger partial charge in [0.15, 0.2) is 0 Å². The minimum atomic E-state index is -0.00172. The molecule has 0 heterocycles. The number of nitrogens with two attached hydrogens (primary N) is 1. The molecule has 0 aliphatic heterocycles. The van der Waals surface area contributed by atoms with Gasteiger partial charge in [0.05, 0.1) is 0 Å². The fraction of sp³-hybridized carbons (Fsp3) is 0.529. The molecule has 1 aliphatic rings. The molecule has 6 heteroatoms. The van der Waals surface area contributed by atoms with Crippen LogP contribution in [-0.2, 0) is 16.1 Å². The molecule has 1 aromatic carbocycles. The van der Waals surface area contributed by atoms with Crippen LogP contribution in [0.25, 0.3) is 0 Å². The summed E-state index contributed by atoms with van der Waals surface area (Å²) in [7, 11) is 0. The second kappa shape index (κ2) is 8.89. The average Bonchev–Trinajstić information content (AvgIpc) is 2.92. The highest BCUT2D eigenvalue weighted by atomic mass is 35.5. The molecule has 0 saturated heterocycles. The van der Waals surface area contributed by atoms with Crippen LogP contribution in [0, 0.1) is 5.92 Å². The molecule has 23 heavy (non-hydrogen) atoms. The van der Waals surface area contributed by atoms with Crippen LogP contribution >= 0.6 is 12.4 Å². The number of amides is 2. The van der Waals surface area contributed by atoms with Crippen LogP contribution in [0.1, 0.15) is 38.7 Å². The third-order valence-electron chi connectivity index (χ3n) is 4.31. The van der Waals surface area contributed by atoms with E-state index >= 15 is 0 Å². The van der Waals surface area contributed by atoms with Gasteiger partial charge in [-0.1, -0.05) is 18.2 Å². The molecule has 1 aliphatic carbocycles. The number of hydrogen-bond acceptors (Lipinski definition) is 3. The number of carbonyl (C=O) groups is 2. The van der Waals surface area contributed by atoms with Crippen LogP contribution < -0.4 is 11.1 Å². The van der Waals surface area contributed by atoms with Crippen molar-refractivity contribution in [1.29, 1.82) is 0 Å². The maximum absolute atomic E-state index is 12.4. The number of carbonyl (C=O) groups excluding carboxylic acids is 2. The summed E-state index contributed by atoms with van der Waals surface area (Å²) in [5.74, 6) is 0.0646. The van der Waals surface area contributed by atoms with E-state index in [9.17, 15) is 9.59 Å². The highest BCUT2D eigenvalue weighted by Gasteiger charge is 2.28. The van der Waals surface area contributed by atoms with Gasteiger partial charge in [0.25, 0.3) is 0 Å². The van der Waals surface area contributed by atoms with Crippen molar-refractivity contribution in [3.63, 3.8) is 0 Å². The summed E-state index contributed by atoms with van der Waals surface area (Å²) in [6.45, 7) is 4.66. The smallest absolute Gasteiger partial charge is 0.227 e. The molecule has 5 nitrogen and oxygen atoms in total. The highest BCUT2D eigenvalue weighted by Crippen LogP contribution is 2.26. The Hall–Kier alpha value is -1.59. The lowest BCUT2D eigenvalue weighted by Crippen LogP contribution is -2.29. The minimum Gasteiger partial charge on any atom is -0.339 e. The Balaban J connectivity index is 0.00000264. The van der Waals surface area contributed by atoms with Crippen LogP contribution in [-0.4, -0.2) is 29.3 Å². The number of nitrogens with one attached hydrogen (secondary N) is 1. The molecule has 0 bridgehead atoms. The normalized spacial score (nSPS) is 19.8. The quantitative estimate of drug-likeness (QED) is 0.865. The van der Waals surface area contributed by atoms with E-state index in [1.807, 2.05) is 31.2 Å². The predicted molar refractivity (Wildman–Crippen MR) is 94.4 cm³/mol. The van der Waals surface area contributed by atoms with E-state index < -0.39 is 0 Å². The van der Waals surface area contributed by atoms with Crippen LogP contribution in [0.2, 0.25) is 0 Å². The first-order valence-corrected chi connectivity index (χ1v) is 7.91. The molecule has 0 aromatic heterocycles. The van der Waals surface area contributed by atoms with Crippen molar-refractivity contribution >= 4 is 29.9 Å². The zero-order chi connectivity index (χ0) is 16.1. The van der Waals surface area contributed by atoms with E-state index in [2.05, 4.69) is 5.32 Å². The van der Waals surface area contributed by atoms with Crippen molar-refractivity contribution in [1.82, 2.24) is 4.90 Å². The van der Waals surface area contributed by atoms with Gasteiger partial charge in [-0.3, -0.25) is 9.59 Å². The van der Waals surface area contributed by atoms with E-state index in [1.54, 1.807) is 11.8 Å². The van der Waals surface area contributed by atoms with Crippen molar-refractivity contribution < 1.29 is 9.59 Å². The Bertz CT molecular complexity index is 550. The topological polar surface area (TPSA) is 75.4 Å². The highest BCUT2D eigenvalue weighted by molar-refractivity contribution is 5.93. The summed E-state index contributed by atoms with van der Waals surface area (Å²) in [5.41, 5.74) is 7.62. The second-order valence-corrected chi connectivity index (χ2v) is 5.95. The van der Waals surface area contributed by atoms with Crippen LogP contribution in [0.15, 0.2) is 24.3 Å². The Morgan fingerprint density at radius 2 is 2.00 bits per heavy atom. The fourth-order valence-electron chi connectivity index (χ4n) is 2.92. The van der Waals surface area contributed by atoms with E-state index in [0.717, 1.165) is 30.5 Å². The van der Waals surface area contributed by atoms with Gasteiger partial charge < -0.3 is 16.0 Å². The van der Waals surface area contributed by atoms with Gasteiger partial charge in [-0.25, -0.2) is 0 Å². The van der Waals surface area contributed by atoms with Crippen LogP contribution in [0.5, 0.6) is 0 Å². The number of para-hydroxylation sites is 1. The molecule has 1 saturated carbocycles. The molecule has 2 rings (SSSR count). The van der Waals surface area contributed by atoms with Crippen molar-refractivity contribution in [2.24, 2.45) is 11.7 Å². The lowest BCUT2D eigenvalue weighted by Gasteiger charge is -2.21. The summed E-state index contributed by atoms with van der Waals surface area (Å²) < 4.78 is 0. The number of halogens is 1. The van der Waals surface area contributed by atoms with Crippen molar-refractivity contribution in [3.05, 3.63) is 29.8 Å². The minimum absolute atomic E-state index is 0. The molecule has 1 aromatic rings. The Kier molecular flexibility index (Phi) is 7.52. The molecule has 1 fully saturated rings. The maximum Gasteiger partial charge on any atom is 0.227 e. The van der Waals surface area contributed by atoms with Gasteiger partial charge in [-0.15, -0.1) is 12.4 Å². The standard InChI is InChI=1S/C17H25N3O2.ClH/c1-3-20(12(2)21)11-14-6-4-5-7-16(14)19-17(22)13-8-9-15(18)10-13;/h4-7,13,15H,3,8-11,18H2,1-2H3,(H,19,22);1H. The lowest BCUT2D eigenvalue weighted by atomic mass is 10.1. The van der Waals surface area contributed by atoms with E-state index in [4.69, 9.17) is 5.73 Å². The third kappa shape index (κ3) is 5.22. The molecule has 2 amide bonds. The lowest BCUT2D eigenvalue weighted by molar-refractivity contribution is -0.129. The van der Waals surface area contributed by atoms with E-state index in [1.165, 1.54) is 0 Å². The SMILES string of the molecule is CCN(Cc1ccccc1NC(=O)C1CCC(N)C1)C(C)=O.Cl. The summed E-state index contributed by atoms with van der Waals surface area (Å²) in [6.07, 6.45) is 2.51. The molecule has 0 radical (unpaired) electrons. The third-order valence-corrected chi connectivity index (χ3v) is 4.31. The fourth-order valence-corrected chi connectivity index (χ4v) is 2.92. The van der Waals surface area contributed by atoms with Gasteiger partial charge >= 0.3 is 0 Å². The number of rotatable bonds is 5. The van der Waals surface area contributed by atoms with Gasteiger partial charge in [0.2, 0.25) is 11.8 Å². The van der Waals surface area contributed by atoms with Crippen molar-refractivity contribution in [3.8, 4) is 0 Å². The van der Waals surface area contributed by atoms with E-state index in [0.29, 0.717) is 13.1 Å². The molecule has 128 valence electrons. The van der Waals surface area contributed by atoms with Gasteiger partial charge in [0, 0.05) is 37.7 Å². The van der Waals surface area contributed by atoms with Crippen molar-refractivity contribution in [2.45, 2.75) is 45.7 Å². The summed E-state index contributed by atoms with van der Waals surface area (Å²) in [4.78, 5) is 25.7. The van der Waals surface area contributed by atoms with Crippen LogP contribution in [0.3, 0.4) is 0 Å². The number of nitrogens with zero attached hydrogens (tertiary/aromatic N) is 1. The largest absolute Gasteiger partial charge is 0.339 e. The average molecular weight is 340 g/mol. The Labute approximate surface area is 144 Å². The first-order chi connectivity index (χ1) is 10.5. The van der Waals surface area contributed by atoms with Gasteiger partial charge in [-0.05, 0) is 37.8 Å². The molecule has 2 unspecified atom stereocenters. The zero-order valence-corrected chi connectivity index (χ0v) is 14.6. The monoisotopic (exact) mass is 339 g/mol. The Morgan fingerprint density at radius 1 is 1.30 bits per heavy atom. The molecular formula is C17H26ClN3O2. The molecular weight excluding hydrogens is 314 g/mol. The molecule has 3 N–H and O–H groups in total. The summed E-state index contributed by atoms with van der Waals surface area (Å²) >= 11 is 0. The first-order valence-electron chi connectivity index (χ1n) is 7.91. The van der Waals surface area contributed by atoms with E-state index in [-0.39, 0.29) is 36.2 Å². The first kappa shape index (κ1) is 19.5. The molecule has 2 atom stereocenters.